The summed E-state index contributed by atoms with van der Waals surface area (Å²) in [5.74, 6) is 0.661. The van der Waals surface area contributed by atoms with Crippen molar-refractivity contribution in [3.05, 3.63) is 43.8 Å². The zero-order valence-corrected chi connectivity index (χ0v) is 16.8. The quantitative estimate of drug-likeness (QED) is 0.448. The fraction of sp³-hybridized carbons (Fsp3) is 0.353. The van der Waals surface area contributed by atoms with Gasteiger partial charge in [-0.3, -0.25) is 0 Å². The fourth-order valence-corrected chi connectivity index (χ4v) is 3.86. The van der Waals surface area contributed by atoms with E-state index in [9.17, 15) is 5.11 Å². The van der Waals surface area contributed by atoms with Gasteiger partial charge < -0.3 is 20.2 Å². The molecule has 0 aromatic carbocycles. The molecule has 134 valence electrons. The van der Waals surface area contributed by atoms with Crippen LogP contribution in [-0.2, 0) is 13.0 Å². The first kappa shape index (κ1) is 18.7. The van der Waals surface area contributed by atoms with Crippen molar-refractivity contribution in [3.63, 3.8) is 0 Å². The van der Waals surface area contributed by atoms with Gasteiger partial charge in [-0.1, -0.05) is 24.6 Å². The second-order valence-electron chi connectivity index (χ2n) is 5.61. The highest BCUT2D eigenvalue weighted by atomic mass is 79.9. The highest BCUT2D eigenvalue weighted by Gasteiger charge is 2.20. The largest absolute Gasteiger partial charge is 0.456 e. The molecule has 0 saturated carbocycles. The van der Waals surface area contributed by atoms with Crippen molar-refractivity contribution in [2.75, 3.05) is 18.4 Å². The van der Waals surface area contributed by atoms with Crippen molar-refractivity contribution in [1.82, 2.24) is 10.3 Å². The van der Waals surface area contributed by atoms with Crippen LogP contribution >= 0.6 is 38.9 Å². The molecule has 1 atom stereocenters. The molecule has 0 aliphatic rings. The number of furan rings is 1. The Hall–Kier alpha value is -1.12. The molecule has 3 aromatic rings. The SMILES string of the molecule is CCNC[C@H](O)Cc1oc2c(NCc3cccs3)cc(Cl)nc2c1Br. The maximum atomic E-state index is 10.1. The summed E-state index contributed by atoms with van der Waals surface area (Å²) in [6.07, 6.45) is -0.138. The number of pyridine rings is 1. The summed E-state index contributed by atoms with van der Waals surface area (Å²) in [5, 5.41) is 19.0. The molecule has 5 nitrogen and oxygen atoms in total. The molecule has 25 heavy (non-hydrogen) atoms. The molecule has 3 N–H and O–H groups in total. The van der Waals surface area contributed by atoms with Crippen LogP contribution in [0.15, 0.2) is 32.5 Å². The second-order valence-corrected chi connectivity index (χ2v) is 7.82. The summed E-state index contributed by atoms with van der Waals surface area (Å²) < 4.78 is 6.73. The van der Waals surface area contributed by atoms with Crippen LogP contribution in [0.3, 0.4) is 0 Å². The fourth-order valence-electron chi connectivity index (χ4n) is 2.51. The minimum absolute atomic E-state index is 0.391. The van der Waals surface area contributed by atoms with Crippen molar-refractivity contribution in [1.29, 1.82) is 0 Å². The lowest BCUT2D eigenvalue weighted by Crippen LogP contribution is -2.28. The normalized spacial score (nSPS) is 12.6. The number of halogens is 2. The summed E-state index contributed by atoms with van der Waals surface area (Å²) in [5.41, 5.74) is 2.09. The van der Waals surface area contributed by atoms with Crippen molar-refractivity contribution in [2.24, 2.45) is 0 Å². The Bertz CT molecular complexity index is 838. The second kappa shape index (κ2) is 8.51. The van der Waals surface area contributed by atoms with Crippen LogP contribution in [0, 0.1) is 0 Å². The highest BCUT2D eigenvalue weighted by molar-refractivity contribution is 9.10. The average molecular weight is 445 g/mol. The van der Waals surface area contributed by atoms with E-state index in [1.807, 2.05) is 18.4 Å². The number of hydrogen-bond donors (Lipinski definition) is 3. The van der Waals surface area contributed by atoms with Crippen molar-refractivity contribution in [2.45, 2.75) is 26.0 Å². The Labute approximate surface area is 163 Å². The predicted octanol–water partition coefficient (Wildman–Crippen LogP) is 4.43. The molecule has 0 fully saturated rings. The number of rotatable bonds is 8. The lowest BCUT2D eigenvalue weighted by molar-refractivity contribution is 0.166. The van der Waals surface area contributed by atoms with E-state index in [0.717, 1.165) is 16.7 Å². The van der Waals surface area contributed by atoms with Crippen LogP contribution in [0.1, 0.15) is 17.6 Å². The van der Waals surface area contributed by atoms with Crippen LogP contribution in [-0.4, -0.2) is 29.3 Å². The minimum atomic E-state index is -0.533. The molecule has 0 spiro atoms. The Morgan fingerprint density at radius 1 is 1.48 bits per heavy atom. The third kappa shape index (κ3) is 4.54. The van der Waals surface area contributed by atoms with Gasteiger partial charge in [0.1, 0.15) is 16.4 Å². The minimum Gasteiger partial charge on any atom is -0.456 e. The third-order valence-corrected chi connectivity index (χ3v) is 5.59. The Morgan fingerprint density at radius 2 is 2.32 bits per heavy atom. The number of aliphatic hydroxyl groups is 1. The van der Waals surface area contributed by atoms with Gasteiger partial charge in [-0.15, -0.1) is 11.3 Å². The van der Waals surface area contributed by atoms with Gasteiger partial charge in [0.15, 0.2) is 5.58 Å². The van der Waals surface area contributed by atoms with E-state index in [4.69, 9.17) is 16.0 Å². The Morgan fingerprint density at radius 3 is 3.04 bits per heavy atom. The molecule has 3 rings (SSSR count). The molecule has 3 aromatic heterocycles. The van der Waals surface area contributed by atoms with Crippen molar-refractivity contribution in [3.8, 4) is 0 Å². The van der Waals surface area contributed by atoms with E-state index in [2.05, 4.69) is 37.6 Å². The lowest BCUT2D eigenvalue weighted by atomic mass is 10.2. The van der Waals surface area contributed by atoms with E-state index in [0.29, 0.717) is 41.5 Å². The monoisotopic (exact) mass is 443 g/mol. The number of anilines is 1. The van der Waals surface area contributed by atoms with Gasteiger partial charge in [0, 0.05) is 30.5 Å². The van der Waals surface area contributed by atoms with Gasteiger partial charge in [0.25, 0.3) is 0 Å². The number of hydrogen-bond acceptors (Lipinski definition) is 6. The summed E-state index contributed by atoms with van der Waals surface area (Å²) in [6, 6.07) is 5.84. The number of thiophene rings is 1. The van der Waals surface area contributed by atoms with Crippen LogP contribution in [0.25, 0.3) is 11.1 Å². The first-order valence-electron chi connectivity index (χ1n) is 8.01. The Balaban J connectivity index is 1.86. The van der Waals surface area contributed by atoms with Gasteiger partial charge in [-0.05, 0) is 33.9 Å². The molecule has 0 aliphatic heterocycles. The van der Waals surface area contributed by atoms with E-state index in [1.165, 1.54) is 4.88 Å². The zero-order valence-electron chi connectivity index (χ0n) is 13.7. The molecule has 3 heterocycles. The molecule has 0 aliphatic carbocycles. The van der Waals surface area contributed by atoms with Crippen LogP contribution in [0.4, 0.5) is 5.69 Å². The topological polar surface area (TPSA) is 70.3 Å². The van der Waals surface area contributed by atoms with Crippen LogP contribution < -0.4 is 10.6 Å². The lowest BCUT2D eigenvalue weighted by Gasteiger charge is -2.09. The predicted molar refractivity (Wildman–Crippen MR) is 107 cm³/mol. The molecule has 0 saturated heterocycles. The first-order chi connectivity index (χ1) is 12.1. The van der Waals surface area contributed by atoms with Gasteiger partial charge in [-0.25, -0.2) is 4.98 Å². The summed E-state index contributed by atoms with van der Waals surface area (Å²) in [6.45, 7) is 4.01. The number of nitrogens with zero attached hydrogens (tertiary/aromatic N) is 1. The summed E-state index contributed by atoms with van der Waals surface area (Å²) in [4.78, 5) is 5.58. The molecule has 0 bridgehead atoms. The van der Waals surface area contributed by atoms with E-state index in [-0.39, 0.29) is 0 Å². The molecular formula is C17H19BrClN3O2S. The zero-order chi connectivity index (χ0) is 17.8. The molecule has 0 amide bonds. The van der Waals surface area contributed by atoms with Gasteiger partial charge in [-0.2, -0.15) is 0 Å². The molecular weight excluding hydrogens is 426 g/mol. The van der Waals surface area contributed by atoms with E-state index < -0.39 is 6.10 Å². The number of aromatic nitrogens is 1. The van der Waals surface area contributed by atoms with Gasteiger partial charge >= 0.3 is 0 Å². The van der Waals surface area contributed by atoms with Crippen molar-refractivity contribution >= 4 is 55.7 Å². The molecule has 0 unspecified atom stereocenters. The maximum Gasteiger partial charge on any atom is 0.177 e. The summed E-state index contributed by atoms with van der Waals surface area (Å²) >= 11 is 11.4. The number of fused-ring (bicyclic) bond motifs is 1. The maximum absolute atomic E-state index is 10.1. The first-order valence-corrected chi connectivity index (χ1v) is 10.1. The number of aliphatic hydroxyl groups excluding tert-OH is 1. The van der Waals surface area contributed by atoms with Crippen molar-refractivity contribution < 1.29 is 9.52 Å². The molecule has 8 heteroatoms. The van der Waals surface area contributed by atoms with Crippen LogP contribution in [0.2, 0.25) is 5.15 Å². The molecule has 0 radical (unpaired) electrons. The van der Waals surface area contributed by atoms with E-state index in [1.54, 1.807) is 17.4 Å². The average Bonchev–Trinajstić information content (AvgIpc) is 3.21. The van der Waals surface area contributed by atoms with Gasteiger partial charge in [0.05, 0.1) is 16.3 Å². The highest BCUT2D eigenvalue weighted by Crippen LogP contribution is 2.36. The van der Waals surface area contributed by atoms with Gasteiger partial charge in [0.2, 0.25) is 0 Å². The standard InChI is InChI=1S/C17H19BrClN3O2S/c1-2-20-8-10(23)6-13-15(18)16-17(24-13)12(7-14(19)22-16)21-9-11-4-3-5-25-11/h3-5,7,10,20,23H,2,6,8-9H2,1H3,(H,21,22)/t10-/m1/s1. The van der Waals surface area contributed by atoms with Crippen LogP contribution in [0.5, 0.6) is 0 Å². The smallest absolute Gasteiger partial charge is 0.177 e. The van der Waals surface area contributed by atoms with E-state index >= 15 is 0 Å². The summed E-state index contributed by atoms with van der Waals surface area (Å²) in [7, 11) is 0. The third-order valence-electron chi connectivity index (χ3n) is 3.70. The number of likely N-dealkylation sites (N-methyl/N-ethyl adjacent to an activating group) is 1. The number of nitrogens with one attached hydrogen (secondary N) is 2. The Kier molecular flexibility index (Phi) is 6.35.